The Bertz CT molecular complexity index is 794. The molecule has 2 aromatic carbocycles. The van der Waals surface area contributed by atoms with Crippen molar-refractivity contribution in [2.24, 2.45) is 0 Å². The second-order valence-corrected chi connectivity index (χ2v) is 5.04. The Labute approximate surface area is 141 Å². The SMILES string of the molecule is O=C(NCC#Cc1ccccc1Cl)Nc1ccccc1C(F)(F)F. The zero-order valence-electron chi connectivity index (χ0n) is 12.2. The molecule has 0 aliphatic rings. The molecule has 2 aromatic rings. The predicted molar refractivity (Wildman–Crippen MR) is 86.8 cm³/mol. The van der Waals surface area contributed by atoms with Crippen molar-refractivity contribution in [2.45, 2.75) is 6.18 Å². The Morgan fingerprint density at radius 3 is 2.46 bits per heavy atom. The first kappa shape index (κ1) is 17.7. The van der Waals surface area contributed by atoms with Crippen LogP contribution in [0.25, 0.3) is 0 Å². The Morgan fingerprint density at radius 2 is 1.75 bits per heavy atom. The Kier molecular flexibility index (Phi) is 5.72. The molecule has 7 heteroatoms. The lowest BCUT2D eigenvalue weighted by Crippen LogP contribution is -2.29. The van der Waals surface area contributed by atoms with E-state index in [9.17, 15) is 18.0 Å². The second-order valence-electron chi connectivity index (χ2n) is 4.63. The monoisotopic (exact) mass is 352 g/mol. The van der Waals surface area contributed by atoms with Gasteiger partial charge in [-0.2, -0.15) is 13.2 Å². The molecule has 0 fully saturated rings. The van der Waals surface area contributed by atoms with Crippen LogP contribution >= 0.6 is 11.6 Å². The first-order valence-corrected chi connectivity index (χ1v) is 7.20. The molecule has 0 aliphatic carbocycles. The molecule has 2 amide bonds. The maximum Gasteiger partial charge on any atom is 0.418 e. The summed E-state index contributed by atoms with van der Waals surface area (Å²) in [5.74, 6) is 5.44. The minimum absolute atomic E-state index is 0.0365. The number of carbonyl (C=O) groups excluding carboxylic acids is 1. The van der Waals surface area contributed by atoms with Gasteiger partial charge >= 0.3 is 12.2 Å². The summed E-state index contributed by atoms with van der Waals surface area (Å²) in [5.41, 5.74) is -0.632. The van der Waals surface area contributed by atoms with Crippen LogP contribution in [-0.2, 0) is 6.18 Å². The minimum Gasteiger partial charge on any atom is -0.327 e. The highest BCUT2D eigenvalue weighted by Crippen LogP contribution is 2.34. The third-order valence-corrected chi connectivity index (χ3v) is 3.24. The number of para-hydroxylation sites is 1. The van der Waals surface area contributed by atoms with Gasteiger partial charge in [0.1, 0.15) is 0 Å². The van der Waals surface area contributed by atoms with E-state index in [0.29, 0.717) is 10.6 Å². The van der Waals surface area contributed by atoms with Gasteiger partial charge in [0.15, 0.2) is 0 Å². The van der Waals surface area contributed by atoms with Crippen LogP contribution in [0.3, 0.4) is 0 Å². The average Bonchev–Trinajstić information content (AvgIpc) is 2.52. The van der Waals surface area contributed by atoms with Crippen molar-refractivity contribution in [2.75, 3.05) is 11.9 Å². The summed E-state index contributed by atoms with van der Waals surface area (Å²) in [6, 6.07) is 10.9. The van der Waals surface area contributed by atoms with E-state index in [1.54, 1.807) is 24.3 Å². The van der Waals surface area contributed by atoms with Crippen molar-refractivity contribution in [3.63, 3.8) is 0 Å². The van der Waals surface area contributed by atoms with Gasteiger partial charge in [-0.05, 0) is 24.3 Å². The summed E-state index contributed by atoms with van der Waals surface area (Å²) < 4.78 is 38.5. The van der Waals surface area contributed by atoms with Crippen molar-refractivity contribution < 1.29 is 18.0 Å². The zero-order chi connectivity index (χ0) is 17.6. The summed E-state index contributed by atoms with van der Waals surface area (Å²) in [4.78, 5) is 11.7. The molecule has 0 aliphatic heterocycles. The first-order chi connectivity index (χ1) is 11.4. The fraction of sp³-hybridized carbons (Fsp3) is 0.118. The second kappa shape index (κ2) is 7.75. The predicted octanol–water partition coefficient (Wildman–Crippen LogP) is 4.53. The van der Waals surface area contributed by atoms with Crippen LogP contribution in [-0.4, -0.2) is 12.6 Å². The van der Waals surface area contributed by atoms with E-state index >= 15 is 0 Å². The number of hydrogen-bond donors (Lipinski definition) is 2. The molecule has 0 unspecified atom stereocenters. The van der Waals surface area contributed by atoms with Gasteiger partial charge in [0.05, 0.1) is 22.8 Å². The van der Waals surface area contributed by atoms with E-state index in [1.807, 2.05) is 0 Å². The number of amides is 2. The Morgan fingerprint density at radius 1 is 1.08 bits per heavy atom. The molecule has 124 valence electrons. The highest BCUT2D eigenvalue weighted by atomic mass is 35.5. The molecule has 2 rings (SSSR count). The van der Waals surface area contributed by atoms with Crippen LogP contribution in [0.5, 0.6) is 0 Å². The molecule has 0 aromatic heterocycles. The lowest BCUT2D eigenvalue weighted by atomic mass is 10.1. The largest absolute Gasteiger partial charge is 0.418 e. The van der Waals surface area contributed by atoms with Gasteiger partial charge < -0.3 is 10.6 Å². The van der Waals surface area contributed by atoms with Gasteiger partial charge in [-0.3, -0.25) is 0 Å². The molecular weight excluding hydrogens is 341 g/mol. The van der Waals surface area contributed by atoms with E-state index in [-0.39, 0.29) is 12.2 Å². The lowest BCUT2D eigenvalue weighted by Gasteiger charge is -2.13. The zero-order valence-corrected chi connectivity index (χ0v) is 13.0. The van der Waals surface area contributed by atoms with Crippen molar-refractivity contribution in [1.82, 2.24) is 5.32 Å². The molecule has 0 atom stereocenters. The van der Waals surface area contributed by atoms with Crippen molar-refractivity contribution in [3.05, 3.63) is 64.7 Å². The lowest BCUT2D eigenvalue weighted by molar-refractivity contribution is -0.136. The van der Waals surface area contributed by atoms with Crippen LogP contribution in [0, 0.1) is 11.8 Å². The Hall–Kier alpha value is -2.65. The number of halogens is 4. The van der Waals surface area contributed by atoms with Crippen LogP contribution in [0.4, 0.5) is 23.7 Å². The summed E-state index contributed by atoms with van der Waals surface area (Å²) >= 11 is 5.92. The van der Waals surface area contributed by atoms with E-state index in [0.717, 1.165) is 6.07 Å². The number of alkyl halides is 3. The summed E-state index contributed by atoms with van der Waals surface area (Å²) in [7, 11) is 0. The summed E-state index contributed by atoms with van der Waals surface area (Å²) in [6.07, 6.45) is -4.55. The molecule has 0 spiro atoms. The molecule has 24 heavy (non-hydrogen) atoms. The van der Waals surface area contributed by atoms with E-state index in [4.69, 9.17) is 11.6 Å². The topological polar surface area (TPSA) is 41.1 Å². The minimum atomic E-state index is -4.55. The standard InChI is InChI=1S/C17H12ClF3N2O/c18-14-9-3-1-6-12(14)7-5-11-22-16(24)23-15-10-4-2-8-13(15)17(19,20)21/h1-4,6,8-10H,11H2,(H2,22,23,24). The third-order valence-electron chi connectivity index (χ3n) is 2.91. The Balaban J connectivity index is 1.95. The third kappa shape index (κ3) is 4.93. The number of rotatable bonds is 2. The van der Waals surface area contributed by atoms with Gasteiger partial charge in [0, 0.05) is 5.56 Å². The molecule has 0 bridgehead atoms. The highest BCUT2D eigenvalue weighted by Gasteiger charge is 2.33. The first-order valence-electron chi connectivity index (χ1n) is 6.82. The van der Waals surface area contributed by atoms with Gasteiger partial charge in [-0.25, -0.2) is 4.79 Å². The molecule has 0 saturated heterocycles. The summed E-state index contributed by atoms with van der Waals surface area (Å²) in [5, 5.41) is 5.01. The van der Waals surface area contributed by atoms with Crippen molar-refractivity contribution in [3.8, 4) is 11.8 Å². The summed E-state index contributed by atoms with van der Waals surface area (Å²) in [6.45, 7) is -0.0365. The maximum absolute atomic E-state index is 12.8. The normalized spacial score (nSPS) is 10.5. The number of carbonyl (C=O) groups is 1. The van der Waals surface area contributed by atoms with Crippen LogP contribution in [0.15, 0.2) is 48.5 Å². The van der Waals surface area contributed by atoms with Crippen LogP contribution in [0.1, 0.15) is 11.1 Å². The van der Waals surface area contributed by atoms with Crippen molar-refractivity contribution in [1.29, 1.82) is 0 Å². The smallest absolute Gasteiger partial charge is 0.327 e. The molecule has 2 N–H and O–H groups in total. The van der Waals surface area contributed by atoms with Crippen molar-refractivity contribution >= 4 is 23.3 Å². The molecular formula is C17H12ClF3N2O. The fourth-order valence-electron chi connectivity index (χ4n) is 1.83. The van der Waals surface area contributed by atoms with E-state index in [1.165, 1.54) is 18.2 Å². The van der Waals surface area contributed by atoms with Crippen LogP contribution < -0.4 is 10.6 Å². The number of anilines is 1. The average molecular weight is 353 g/mol. The van der Waals surface area contributed by atoms with E-state index in [2.05, 4.69) is 22.5 Å². The molecule has 0 heterocycles. The van der Waals surface area contributed by atoms with Gasteiger partial charge in [-0.1, -0.05) is 47.7 Å². The quantitative estimate of drug-likeness (QED) is 0.766. The fourth-order valence-corrected chi connectivity index (χ4v) is 2.02. The maximum atomic E-state index is 12.8. The number of urea groups is 1. The van der Waals surface area contributed by atoms with E-state index < -0.39 is 17.8 Å². The molecule has 0 radical (unpaired) electrons. The van der Waals surface area contributed by atoms with Gasteiger partial charge in [0.2, 0.25) is 0 Å². The highest BCUT2D eigenvalue weighted by molar-refractivity contribution is 6.31. The van der Waals surface area contributed by atoms with Gasteiger partial charge in [0.25, 0.3) is 0 Å². The number of hydrogen-bond acceptors (Lipinski definition) is 1. The molecule has 3 nitrogen and oxygen atoms in total. The molecule has 0 saturated carbocycles. The van der Waals surface area contributed by atoms with Gasteiger partial charge in [-0.15, -0.1) is 0 Å². The van der Waals surface area contributed by atoms with Crippen LogP contribution in [0.2, 0.25) is 5.02 Å². The number of benzene rings is 2. The number of nitrogens with one attached hydrogen (secondary N) is 2.